The molecule has 2 rings (SSSR count). The molecule has 2 aromatic rings. The predicted octanol–water partition coefficient (Wildman–Crippen LogP) is 4.38. The molecule has 7 heteroatoms. The number of methoxy groups -OCH3 is 1. The Bertz CT molecular complexity index is 776. The maximum atomic E-state index is 12.2. The molecule has 138 valence electrons. The summed E-state index contributed by atoms with van der Waals surface area (Å²) in [6.45, 7) is 2.13. The molecule has 0 aromatic heterocycles. The molecule has 2 aromatic carbocycles. The number of halogens is 2. The average molecular weight is 395 g/mol. The minimum absolute atomic E-state index is 0.116. The van der Waals surface area contributed by atoms with Gasteiger partial charge in [-0.15, -0.1) is 0 Å². The Morgan fingerprint density at radius 2 is 1.77 bits per heavy atom. The van der Waals surface area contributed by atoms with Crippen molar-refractivity contribution in [3.8, 4) is 5.75 Å². The third kappa shape index (κ3) is 5.93. The Hall–Kier alpha value is -2.24. The first-order chi connectivity index (χ1) is 12.4. The van der Waals surface area contributed by atoms with Gasteiger partial charge in [-0.05, 0) is 24.3 Å². The van der Waals surface area contributed by atoms with Gasteiger partial charge in [-0.3, -0.25) is 9.59 Å². The van der Waals surface area contributed by atoms with Crippen LogP contribution >= 0.6 is 23.2 Å². The van der Waals surface area contributed by atoms with Gasteiger partial charge in [-0.2, -0.15) is 0 Å². The van der Waals surface area contributed by atoms with Crippen molar-refractivity contribution in [3.63, 3.8) is 0 Å². The fraction of sp³-hybridized carbons (Fsp3) is 0.263. The van der Waals surface area contributed by atoms with E-state index in [1.165, 1.54) is 6.92 Å². The van der Waals surface area contributed by atoms with E-state index in [4.69, 9.17) is 27.9 Å². The van der Waals surface area contributed by atoms with Gasteiger partial charge in [0.1, 0.15) is 5.75 Å². The van der Waals surface area contributed by atoms with Crippen molar-refractivity contribution in [1.29, 1.82) is 0 Å². The zero-order valence-electron chi connectivity index (χ0n) is 14.6. The molecule has 0 saturated carbocycles. The second kappa shape index (κ2) is 9.46. The highest BCUT2D eigenvalue weighted by molar-refractivity contribution is 6.35. The molecular weight excluding hydrogens is 375 g/mol. The molecule has 26 heavy (non-hydrogen) atoms. The SMILES string of the molecule is COc1ccccc1CN(CCC(=O)Nc1cc(Cl)cc(Cl)c1)C(C)=O. The first-order valence-electron chi connectivity index (χ1n) is 8.02. The fourth-order valence-electron chi connectivity index (χ4n) is 2.47. The first-order valence-corrected chi connectivity index (χ1v) is 8.78. The van der Waals surface area contributed by atoms with Crippen LogP contribution in [0.2, 0.25) is 10.0 Å². The van der Waals surface area contributed by atoms with Gasteiger partial charge >= 0.3 is 0 Å². The number of hydrogen-bond acceptors (Lipinski definition) is 3. The molecule has 0 heterocycles. The lowest BCUT2D eigenvalue weighted by Crippen LogP contribution is -2.31. The minimum Gasteiger partial charge on any atom is -0.496 e. The van der Waals surface area contributed by atoms with E-state index in [1.807, 2.05) is 24.3 Å². The number of anilines is 1. The maximum absolute atomic E-state index is 12.2. The standard InChI is InChI=1S/C19H20Cl2N2O3/c1-13(24)23(12-14-5-3-4-6-18(14)26-2)8-7-19(25)22-17-10-15(20)9-16(21)11-17/h3-6,9-11H,7-8,12H2,1-2H3,(H,22,25). The number of hydrogen-bond donors (Lipinski definition) is 1. The van der Waals surface area contributed by atoms with Crippen molar-refractivity contribution in [1.82, 2.24) is 4.90 Å². The number of nitrogens with one attached hydrogen (secondary N) is 1. The van der Waals surface area contributed by atoms with Crippen LogP contribution in [0.15, 0.2) is 42.5 Å². The maximum Gasteiger partial charge on any atom is 0.226 e. The first kappa shape index (κ1) is 20.1. The summed E-state index contributed by atoms with van der Waals surface area (Å²) < 4.78 is 5.31. The topological polar surface area (TPSA) is 58.6 Å². The minimum atomic E-state index is -0.227. The largest absolute Gasteiger partial charge is 0.496 e. The van der Waals surface area contributed by atoms with Crippen LogP contribution in [-0.4, -0.2) is 30.4 Å². The number of amides is 2. The molecule has 0 aliphatic carbocycles. The summed E-state index contributed by atoms with van der Waals surface area (Å²) in [6, 6.07) is 12.3. The summed E-state index contributed by atoms with van der Waals surface area (Å²) in [5, 5.41) is 3.61. The summed E-state index contributed by atoms with van der Waals surface area (Å²) in [4.78, 5) is 25.7. The number of nitrogens with zero attached hydrogens (tertiary/aromatic N) is 1. The normalized spacial score (nSPS) is 10.3. The predicted molar refractivity (Wildman–Crippen MR) is 104 cm³/mol. The van der Waals surface area contributed by atoms with Crippen molar-refractivity contribution in [2.24, 2.45) is 0 Å². The molecule has 0 saturated heterocycles. The zero-order chi connectivity index (χ0) is 19.1. The third-order valence-electron chi connectivity index (χ3n) is 3.75. The molecule has 0 bridgehead atoms. The van der Waals surface area contributed by atoms with Crippen LogP contribution in [0.4, 0.5) is 5.69 Å². The molecule has 2 amide bonds. The summed E-state index contributed by atoms with van der Waals surface area (Å²) >= 11 is 11.8. The summed E-state index contributed by atoms with van der Waals surface area (Å²) in [6.07, 6.45) is 0.152. The molecule has 0 aliphatic heterocycles. The van der Waals surface area contributed by atoms with E-state index in [-0.39, 0.29) is 24.8 Å². The highest BCUT2D eigenvalue weighted by atomic mass is 35.5. The number of carbonyl (C=O) groups excluding carboxylic acids is 2. The molecule has 0 radical (unpaired) electrons. The second-order valence-electron chi connectivity index (χ2n) is 5.71. The lowest BCUT2D eigenvalue weighted by atomic mass is 10.2. The number of benzene rings is 2. The van der Waals surface area contributed by atoms with Gasteiger partial charge in [0.25, 0.3) is 0 Å². The Labute approximate surface area is 162 Å². The summed E-state index contributed by atoms with van der Waals surface area (Å²) in [5.41, 5.74) is 1.40. The van der Waals surface area contributed by atoms with Crippen molar-refractivity contribution in [3.05, 3.63) is 58.1 Å². The van der Waals surface area contributed by atoms with E-state index in [0.717, 1.165) is 5.56 Å². The molecule has 0 unspecified atom stereocenters. The summed E-state index contributed by atoms with van der Waals surface area (Å²) in [7, 11) is 1.58. The van der Waals surface area contributed by atoms with Crippen LogP contribution in [0.5, 0.6) is 5.75 Å². The van der Waals surface area contributed by atoms with Crippen LogP contribution in [0.3, 0.4) is 0 Å². The zero-order valence-corrected chi connectivity index (χ0v) is 16.1. The van der Waals surface area contributed by atoms with Gasteiger partial charge in [0.2, 0.25) is 11.8 Å². The highest BCUT2D eigenvalue weighted by Crippen LogP contribution is 2.23. The summed E-state index contributed by atoms with van der Waals surface area (Å²) in [5.74, 6) is 0.362. The van der Waals surface area contributed by atoms with Gasteiger partial charge < -0.3 is 15.0 Å². The molecule has 0 aliphatic rings. The molecule has 1 N–H and O–H groups in total. The van der Waals surface area contributed by atoms with E-state index < -0.39 is 0 Å². The van der Waals surface area contributed by atoms with Crippen LogP contribution in [-0.2, 0) is 16.1 Å². The van der Waals surface area contributed by atoms with Crippen molar-refractivity contribution < 1.29 is 14.3 Å². The number of rotatable bonds is 7. The second-order valence-corrected chi connectivity index (χ2v) is 6.58. The van der Waals surface area contributed by atoms with Crippen molar-refractivity contribution >= 4 is 40.7 Å². The number of carbonyl (C=O) groups is 2. The van der Waals surface area contributed by atoms with Crippen LogP contribution in [0.25, 0.3) is 0 Å². The average Bonchev–Trinajstić information content (AvgIpc) is 2.57. The third-order valence-corrected chi connectivity index (χ3v) is 4.19. The van der Waals surface area contributed by atoms with E-state index in [1.54, 1.807) is 30.2 Å². The Kier molecular flexibility index (Phi) is 7.30. The van der Waals surface area contributed by atoms with Gasteiger partial charge in [0.05, 0.1) is 7.11 Å². The van der Waals surface area contributed by atoms with E-state index >= 15 is 0 Å². The lowest BCUT2D eigenvalue weighted by Gasteiger charge is -2.22. The van der Waals surface area contributed by atoms with Gasteiger partial charge in [0, 0.05) is 47.7 Å². The van der Waals surface area contributed by atoms with Gasteiger partial charge in [-0.25, -0.2) is 0 Å². The van der Waals surface area contributed by atoms with E-state index in [0.29, 0.717) is 28.0 Å². The quantitative estimate of drug-likeness (QED) is 0.757. The molecule has 0 spiro atoms. The molecule has 0 atom stereocenters. The lowest BCUT2D eigenvalue weighted by molar-refractivity contribution is -0.129. The van der Waals surface area contributed by atoms with Gasteiger partial charge in [-0.1, -0.05) is 41.4 Å². The monoisotopic (exact) mass is 394 g/mol. The van der Waals surface area contributed by atoms with Crippen molar-refractivity contribution in [2.45, 2.75) is 19.9 Å². The Morgan fingerprint density at radius 3 is 2.38 bits per heavy atom. The number of ether oxygens (including phenoxy) is 1. The van der Waals surface area contributed by atoms with E-state index in [2.05, 4.69) is 5.32 Å². The van der Waals surface area contributed by atoms with Crippen LogP contribution in [0.1, 0.15) is 18.9 Å². The smallest absolute Gasteiger partial charge is 0.226 e. The molecule has 0 fully saturated rings. The van der Waals surface area contributed by atoms with Crippen LogP contribution in [0, 0.1) is 0 Å². The van der Waals surface area contributed by atoms with Gasteiger partial charge in [0.15, 0.2) is 0 Å². The van der Waals surface area contributed by atoms with E-state index in [9.17, 15) is 9.59 Å². The molecular formula is C19H20Cl2N2O3. The van der Waals surface area contributed by atoms with Crippen LogP contribution < -0.4 is 10.1 Å². The highest BCUT2D eigenvalue weighted by Gasteiger charge is 2.14. The molecule has 5 nitrogen and oxygen atoms in total. The van der Waals surface area contributed by atoms with Crippen molar-refractivity contribution in [2.75, 3.05) is 19.0 Å². The Morgan fingerprint density at radius 1 is 1.12 bits per heavy atom. The fourth-order valence-corrected chi connectivity index (χ4v) is 3.00. The number of para-hydroxylation sites is 1. The Balaban J connectivity index is 1.97.